The highest BCUT2D eigenvalue weighted by molar-refractivity contribution is 5.89. The molecule has 7 heteroatoms. The van der Waals surface area contributed by atoms with Crippen LogP contribution in [-0.2, 0) is 0 Å². The van der Waals surface area contributed by atoms with Crippen LogP contribution in [0.15, 0.2) is 59.1 Å². The van der Waals surface area contributed by atoms with Crippen molar-refractivity contribution in [2.24, 2.45) is 0 Å². The van der Waals surface area contributed by atoms with Crippen molar-refractivity contribution in [1.29, 1.82) is 5.26 Å². The van der Waals surface area contributed by atoms with E-state index in [-0.39, 0.29) is 12.1 Å². The first-order valence-corrected chi connectivity index (χ1v) is 8.71. The molecule has 4 rings (SSSR count). The van der Waals surface area contributed by atoms with Crippen LogP contribution in [0.4, 0.5) is 10.5 Å². The molecule has 1 aliphatic heterocycles. The van der Waals surface area contributed by atoms with E-state index in [4.69, 9.17) is 9.78 Å². The van der Waals surface area contributed by atoms with E-state index < -0.39 is 0 Å². The normalized spacial score (nSPS) is 16.1. The maximum absolute atomic E-state index is 12.7. The standard InChI is InChI=1S/C20H17N5O2/c21-13-14-8-10-16(11-9-14)22-20(26)25-12-4-7-17(25)19-23-18(24-27-19)15-5-2-1-3-6-15/h1-3,5-6,8-11,17H,4,7,12H2,(H,22,26)/t17-/m0/s1. The predicted octanol–water partition coefficient (Wildman–Crippen LogP) is 3.98. The fraction of sp³-hybridized carbons (Fsp3) is 0.200. The first-order chi connectivity index (χ1) is 13.2. The van der Waals surface area contributed by atoms with Gasteiger partial charge in [0.15, 0.2) is 0 Å². The number of amides is 2. The molecule has 3 aromatic rings. The maximum Gasteiger partial charge on any atom is 0.322 e. The first-order valence-electron chi connectivity index (χ1n) is 8.71. The number of benzene rings is 2. The molecule has 0 radical (unpaired) electrons. The number of likely N-dealkylation sites (tertiary alicyclic amines) is 1. The Labute approximate surface area is 156 Å². The molecular formula is C20H17N5O2. The third-order valence-electron chi connectivity index (χ3n) is 4.54. The summed E-state index contributed by atoms with van der Waals surface area (Å²) in [5.41, 5.74) is 2.06. The minimum atomic E-state index is -0.242. The van der Waals surface area contributed by atoms with Crippen LogP contribution in [0.2, 0.25) is 0 Å². The van der Waals surface area contributed by atoms with E-state index in [1.54, 1.807) is 29.2 Å². The molecule has 27 heavy (non-hydrogen) atoms. The van der Waals surface area contributed by atoms with Crippen molar-refractivity contribution in [2.75, 3.05) is 11.9 Å². The van der Waals surface area contributed by atoms with Crippen LogP contribution in [0.3, 0.4) is 0 Å². The zero-order valence-corrected chi connectivity index (χ0v) is 14.5. The average molecular weight is 359 g/mol. The molecule has 2 heterocycles. The molecule has 134 valence electrons. The minimum absolute atomic E-state index is 0.221. The number of carbonyl (C=O) groups excluding carboxylic acids is 1. The highest BCUT2D eigenvalue weighted by atomic mass is 16.5. The molecule has 0 aliphatic carbocycles. The number of hydrogen-bond acceptors (Lipinski definition) is 5. The van der Waals surface area contributed by atoms with Crippen LogP contribution in [-0.4, -0.2) is 27.6 Å². The quantitative estimate of drug-likeness (QED) is 0.763. The highest BCUT2D eigenvalue weighted by Crippen LogP contribution is 2.32. The summed E-state index contributed by atoms with van der Waals surface area (Å²) in [5, 5.41) is 15.8. The van der Waals surface area contributed by atoms with Gasteiger partial charge in [0, 0.05) is 17.8 Å². The second kappa shape index (κ2) is 7.30. The van der Waals surface area contributed by atoms with Gasteiger partial charge in [0.2, 0.25) is 11.7 Å². The van der Waals surface area contributed by atoms with Crippen LogP contribution in [0.25, 0.3) is 11.4 Å². The number of nitriles is 1. The van der Waals surface area contributed by atoms with E-state index in [0.29, 0.717) is 29.5 Å². The molecule has 0 saturated carbocycles. The number of nitrogens with one attached hydrogen (secondary N) is 1. The van der Waals surface area contributed by atoms with Crippen molar-refractivity contribution in [2.45, 2.75) is 18.9 Å². The fourth-order valence-electron chi connectivity index (χ4n) is 3.16. The molecule has 0 spiro atoms. The minimum Gasteiger partial charge on any atom is -0.337 e. The zero-order chi connectivity index (χ0) is 18.6. The molecule has 1 atom stereocenters. The molecule has 2 aromatic carbocycles. The Kier molecular flexibility index (Phi) is 4.54. The number of urea groups is 1. The van der Waals surface area contributed by atoms with Gasteiger partial charge in [-0.15, -0.1) is 0 Å². The number of nitrogens with zero attached hydrogens (tertiary/aromatic N) is 4. The lowest BCUT2D eigenvalue weighted by Gasteiger charge is -2.22. The largest absolute Gasteiger partial charge is 0.337 e. The van der Waals surface area contributed by atoms with Gasteiger partial charge in [0.25, 0.3) is 0 Å². The second-order valence-corrected chi connectivity index (χ2v) is 6.29. The number of rotatable bonds is 3. The van der Waals surface area contributed by atoms with Gasteiger partial charge in [0.05, 0.1) is 11.6 Å². The topological polar surface area (TPSA) is 95.1 Å². The molecule has 1 aromatic heterocycles. The van der Waals surface area contributed by atoms with Crippen molar-refractivity contribution in [3.63, 3.8) is 0 Å². The van der Waals surface area contributed by atoms with Crippen molar-refractivity contribution in [1.82, 2.24) is 15.0 Å². The summed E-state index contributed by atoms with van der Waals surface area (Å²) in [5.74, 6) is 0.964. The molecule has 1 N–H and O–H groups in total. The predicted molar refractivity (Wildman–Crippen MR) is 98.6 cm³/mol. The number of aromatic nitrogens is 2. The van der Waals surface area contributed by atoms with Crippen LogP contribution >= 0.6 is 0 Å². The Morgan fingerprint density at radius 2 is 1.96 bits per heavy atom. The molecule has 1 aliphatic rings. The van der Waals surface area contributed by atoms with Gasteiger partial charge in [-0.2, -0.15) is 10.2 Å². The van der Waals surface area contributed by atoms with E-state index in [9.17, 15) is 4.79 Å². The number of hydrogen-bond donors (Lipinski definition) is 1. The summed E-state index contributed by atoms with van der Waals surface area (Å²) >= 11 is 0. The zero-order valence-electron chi connectivity index (χ0n) is 14.5. The lowest BCUT2D eigenvalue weighted by molar-refractivity contribution is 0.193. The Hall–Kier alpha value is -3.66. The molecule has 0 unspecified atom stereocenters. The van der Waals surface area contributed by atoms with E-state index in [2.05, 4.69) is 21.5 Å². The molecule has 2 amide bonds. The smallest absolute Gasteiger partial charge is 0.322 e. The van der Waals surface area contributed by atoms with Gasteiger partial charge in [-0.1, -0.05) is 35.5 Å². The monoisotopic (exact) mass is 359 g/mol. The van der Waals surface area contributed by atoms with Crippen LogP contribution in [0.5, 0.6) is 0 Å². The summed E-state index contributed by atoms with van der Waals surface area (Å²) < 4.78 is 5.45. The van der Waals surface area contributed by atoms with Crippen molar-refractivity contribution in [3.05, 3.63) is 66.1 Å². The third-order valence-corrected chi connectivity index (χ3v) is 4.54. The summed E-state index contributed by atoms with van der Waals surface area (Å²) in [6.07, 6.45) is 1.64. The Morgan fingerprint density at radius 1 is 1.19 bits per heavy atom. The third kappa shape index (κ3) is 3.51. The van der Waals surface area contributed by atoms with Gasteiger partial charge in [-0.05, 0) is 37.1 Å². The fourth-order valence-corrected chi connectivity index (χ4v) is 3.16. The van der Waals surface area contributed by atoms with E-state index in [0.717, 1.165) is 18.4 Å². The van der Waals surface area contributed by atoms with Crippen molar-refractivity contribution >= 4 is 11.7 Å². The van der Waals surface area contributed by atoms with Gasteiger partial charge in [-0.3, -0.25) is 0 Å². The average Bonchev–Trinajstić information content (AvgIpc) is 3.38. The Bertz CT molecular complexity index is 976. The highest BCUT2D eigenvalue weighted by Gasteiger charge is 2.34. The SMILES string of the molecule is N#Cc1ccc(NC(=O)N2CCC[C@H]2c2nc(-c3ccccc3)no2)cc1. The van der Waals surface area contributed by atoms with Crippen molar-refractivity contribution in [3.8, 4) is 17.5 Å². The number of carbonyl (C=O) groups is 1. The first kappa shape index (κ1) is 16.8. The van der Waals surface area contributed by atoms with Gasteiger partial charge in [-0.25, -0.2) is 4.79 Å². The summed E-state index contributed by atoms with van der Waals surface area (Å²) in [7, 11) is 0. The van der Waals surface area contributed by atoms with E-state index in [1.807, 2.05) is 30.3 Å². The summed E-state index contributed by atoms with van der Waals surface area (Å²) in [6.45, 7) is 0.621. The van der Waals surface area contributed by atoms with Gasteiger partial charge < -0.3 is 14.7 Å². The molecule has 1 saturated heterocycles. The molecule has 0 bridgehead atoms. The Balaban J connectivity index is 1.49. The summed E-state index contributed by atoms with van der Waals surface area (Å²) in [4.78, 5) is 18.9. The van der Waals surface area contributed by atoms with Gasteiger partial charge >= 0.3 is 6.03 Å². The Morgan fingerprint density at radius 3 is 2.70 bits per heavy atom. The van der Waals surface area contributed by atoms with Gasteiger partial charge in [0.1, 0.15) is 6.04 Å². The lowest BCUT2D eigenvalue weighted by atomic mass is 10.2. The number of anilines is 1. The van der Waals surface area contributed by atoms with E-state index in [1.165, 1.54) is 0 Å². The maximum atomic E-state index is 12.7. The van der Waals surface area contributed by atoms with E-state index >= 15 is 0 Å². The van der Waals surface area contributed by atoms with Crippen molar-refractivity contribution < 1.29 is 9.32 Å². The molecule has 7 nitrogen and oxygen atoms in total. The van der Waals surface area contributed by atoms with Crippen LogP contribution in [0.1, 0.15) is 30.3 Å². The van der Waals surface area contributed by atoms with Crippen LogP contribution < -0.4 is 5.32 Å². The van der Waals surface area contributed by atoms with Crippen LogP contribution in [0, 0.1) is 11.3 Å². The summed E-state index contributed by atoms with van der Waals surface area (Å²) in [6, 6.07) is 17.9. The molecule has 1 fully saturated rings. The lowest BCUT2D eigenvalue weighted by Crippen LogP contribution is -2.34. The second-order valence-electron chi connectivity index (χ2n) is 6.29. The molecular weight excluding hydrogens is 342 g/mol.